The quantitative estimate of drug-likeness (QED) is 0.0264. The summed E-state index contributed by atoms with van der Waals surface area (Å²) in [5, 5.41) is 2.94. The Balaban J connectivity index is 0.0000578. The number of likely N-dealkylation sites (N-methyl/N-ethyl adjacent to an activating group) is 1. The van der Waals surface area contributed by atoms with Crippen LogP contribution in [0.5, 0.6) is 0 Å². The van der Waals surface area contributed by atoms with Gasteiger partial charge in [-0.3, -0.25) is 24.0 Å². The largest absolute Gasteiger partial charge is 0.462 e. The van der Waals surface area contributed by atoms with Gasteiger partial charge in [-0.1, -0.05) is 180 Å². The Kier molecular flexibility index (Phi) is 47.8. The molecule has 0 aromatic heterocycles. The molecule has 1 N–H and O–H groups in total. The monoisotopic (exact) mass is 1080 g/mol. The molecule has 1 aliphatic heterocycles. The molecule has 0 aliphatic carbocycles. The molecule has 0 aromatic carbocycles. The Morgan fingerprint density at radius 1 is 0.461 bits per heavy atom. The van der Waals surface area contributed by atoms with Gasteiger partial charge in [-0.25, -0.2) is 4.79 Å². The van der Waals surface area contributed by atoms with Crippen LogP contribution < -0.4 is 5.32 Å². The van der Waals surface area contributed by atoms with E-state index < -0.39 is 36.2 Å². The van der Waals surface area contributed by atoms with Crippen LogP contribution >= 0.6 is 0 Å². The number of nitrogens with one attached hydrogen (secondary N) is 1. The molecule has 1 amide bonds. The molecule has 0 bridgehead atoms. The van der Waals surface area contributed by atoms with E-state index in [4.69, 9.17) is 28.4 Å². The van der Waals surface area contributed by atoms with Crippen LogP contribution in [-0.2, 0) is 52.4 Å². The first-order valence-electron chi connectivity index (χ1n) is 30.8. The van der Waals surface area contributed by atoms with Gasteiger partial charge in [0.1, 0.15) is 32.5 Å². The molecule has 1 rings (SSSR count). The first kappa shape index (κ1) is 70.1. The number of allylic oxidation sites excluding steroid dienone is 2. The number of carbonyl (C=O) groups excluding carboxylic acids is 6. The predicted molar refractivity (Wildman–Crippen MR) is 306 cm³/mol. The second-order valence-electron chi connectivity index (χ2n) is 21.2. The fraction of sp³-hybridized carbons (Fsp3) is 0.839. The molecular weight excluding hydrogens is 965 g/mol. The van der Waals surface area contributed by atoms with Crippen LogP contribution in [0.15, 0.2) is 24.3 Å². The molecule has 442 valence electrons. The van der Waals surface area contributed by atoms with E-state index in [-0.39, 0.29) is 58.3 Å². The van der Waals surface area contributed by atoms with Crippen LogP contribution in [0.2, 0.25) is 0 Å². The predicted octanol–water partition coefficient (Wildman–Crippen LogP) is 15.1. The maximum atomic E-state index is 13.4. The summed E-state index contributed by atoms with van der Waals surface area (Å²) in [5.74, 6) is -1.83. The number of unbranched alkanes of at least 4 members (excludes halogenated alkanes) is 25. The van der Waals surface area contributed by atoms with Crippen molar-refractivity contribution in [2.75, 3.05) is 46.6 Å². The van der Waals surface area contributed by atoms with Crippen molar-refractivity contribution in [2.45, 2.75) is 289 Å². The van der Waals surface area contributed by atoms with Crippen LogP contribution in [0, 0.1) is 0 Å². The van der Waals surface area contributed by atoms with Crippen molar-refractivity contribution in [1.29, 1.82) is 0 Å². The third kappa shape index (κ3) is 45.1. The molecule has 2 unspecified atom stereocenters. The van der Waals surface area contributed by atoms with Gasteiger partial charge >= 0.3 is 35.9 Å². The van der Waals surface area contributed by atoms with E-state index in [1.165, 1.54) is 83.5 Å². The van der Waals surface area contributed by atoms with E-state index >= 15 is 0 Å². The van der Waals surface area contributed by atoms with Crippen molar-refractivity contribution in [1.82, 2.24) is 10.2 Å². The molecule has 2 atom stereocenters. The highest BCUT2D eigenvalue weighted by Gasteiger charge is 2.24. The van der Waals surface area contributed by atoms with E-state index in [0.717, 1.165) is 116 Å². The highest BCUT2D eigenvalue weighted by atomic mass is 16.6. The van der Waals surface area contributed by atoms with Gasteiger partial charge < -0.3 is 38.6 Å². The van der Waals surface area contributed by atoms with Gasteiger partial charge in [0, 0.05) is 46.1 Å². The van der Waals surface area contributed by atoms with Crippen molar-refractivity contribution in [3.8, 4) is 0 Å². The maximum absolute atomic E-state index is 13.4. The number of esters is 5. The molecule has 1 heterocycles. The fourth-order valence-corrected chi connectivity index (χ4v) is 9.22. The lowest BCUT2D eigenvalue weighted by Gasteiger charge is -2.22. The molecule has 14 nitrogen and oxygen atoms in total. The van der Waals surface area contributed by atoms with Gasteiger partial charge in [0.15, 0.2) is 6.10 Å². The highest BCUT2D eigenvalue weighted by molar-refractivity contribution is 5.72. The first-order valence-corrected chi connectivity index (χ1v) is 30.8. The summed E-state index contributed by atoms with van der Waals surface area (Å²) in [6.07, 6.45) is 41.4. The number of rotatable bonds is 52. The molecular formula is C62H112N2O12. The van der Waals surface area contributed by atoms with Gasteiger partial charge in [0.25, 0.3) is 0 Å². The number of ether oxygens (including phenoxy) is 6. The number of nitrogens with zero attached hydrogens (tertiary/aromatic N) is 1. The van der Waals surface area contributed by atoms with E-state index in [1.54, 1.807) is 0 Å². The third-order valence-corrected chi connectivity index (χ3v) is 14.1. The standard InChI is InChI=1S/C62H110N2O12.H2/c1-5-8-11-14-17-18-19-20-25-32-41-55(76-62(70)63-51-54-40-39-48-64(54)4)46-47-61(69)75-56(52-73-59(67)44-35-28-23-26-33-42-57(65)71-49-37-30-21-15-12-9-6-2)53-74-60(68)45-36-29-24-27-34-43-58(66)72-50-38-31-22-16-13-10-7-3;/h30-31,37-38,54-56H,5-29,32-36,39-53H2,1-4H3,(H,63,70);1H/b37-30-,38-31-;. The third-order valence-electron chi connectivity index (χ3n) is 14.1. The summed E-state index contributed by atoms with van der Waals surface area (Å²) in [5.41, 5.74) is 0. The minimum absolute atomic E-state index is 0. The lowest BCUT2D eigenvalue weighted by molar-refractivity contribution is -0.167. The molecule has 0 saturated carbocycles. The molecule has 0 spiro atoms. The Morgan fingerprint density at radius 3 is 1.30 bits per heavy atom. The van der Waals surface area contributed by atoms with E-state index in [1.807, 2.05) is 12.2 Å². The Hall–Kier alpha value is -3.94. The number of likely N-dealkylation sites (tertiary alicyclic amines) is 1. The molecule has 14 heteroatoms. The van der Waals surface area contributed by atoms with Crippen LogP contribution in [-0.4, -0.2) is 106 Å². The Labute approximate surface area is 463 Å². The van der Waals surface area contributed by atoms with Crippen LogP contribution in [0.3, 0.4) is 0 Å². The molecule has 1 aliphatic rings. The van der Waals surface area contributed by atoms with E-state index in [2.05, 4.69) is 50.2 Å². The van der Waals surface area contributed by atoms with Gasteiger partial charge in [-0.2, -0.15) is 0 Å². The van der Waals surface area contributed by atoms with Crippen molar-refractivity contribution >= 4 is 35.9 Å². The number of carbonyl (C=O) groups is 6. The Morgan fingerprint density at radius 2 is 0.868 bits per heavy atom. The van der Waals surface area contributed by atoms with Crippen molar-refractivity contribution < 1.29 is 58.6 Å². The van der Waals surface area contributed by atoms with Crippen LogP contribution in [0.4, 0.5) is 4.79 Å². The second kappa shape index (κ2) is 51.8. The zero-order valence-electron chi connectivity index (χ0n) is 48.7. The van der Waals surface area contributed by atoms with Gasteiger partial charge in [0.2, 0.25) is 0 Å². The molecule has 76 heavy (non-hydrogen) atoms. The normalized spacial score (nSPS) is 14.1. The summed E-state index contributed by atoms with van der Waals surface area (Å²) >= 11 is 0. The average Bonchev–Trinajstić information content (AvgIpc) is 3.83. The highest BCUT2D eigenvalue weighted by Crippen LogP contribution is 2.19. The van der Waals surface area contributed by atoms with Gasteiger partial charge in [0.05, 0.1) is 0 Å². The number of hydrogen-bond donors (Lipinski definition) is 1. The second-order valence-corrected chi connectivity index (χ2v) is 21.2. The van der Waals surface area contributed by atoms with Gasteiger partial charge in [-0.05, 0) is 97.1 Å². The topological polar surface area (TPSA) is 173 Å². The molecule has 1 saturated heterocycles. The summed E-state index contributed by atoms with van der Waals surface area (Å²) < 4.78 is 33.4. The number of hydrogen-bond acceptors (Lipinski definition) is 13. The number of alkyl carbamates (subject to hydrolysis) is 1. The fourth-order valence-electron chi connectivity index (χ4n) is 9.22. The molecule has 1 fully saturated rings. The van der Waals surface area contributed by atoms with Crippen LogP contribution in [0.1, 0.15) is 273 Å². The van der Waals surface area contributed by atoms with Crippen molar-refractivity contribution in [3.63, 3.8) is 0 Å². The average molecular weight is 1080 g/mol. The molecule has 0 radical (unpaired) electrons. The first-order chi connectivity index (χ1) is 37.1. The summed E-state index contributed by atoms with van der Waals surface area (Å²) in [6, 6.07) is 0.274. The van der Waals surface area contributed by atoms with E-state index in [9.17, 15) is 28.8 Å². The van der Waals surface area contributed by atoms with E-state index in [0.29, 0.717) is 51.9 Å². The molecule has 0 aromatic rings. The zero-order chi connectivity index (χ0) is 55.4. The zero-order valence-corrected chi connectivity index (χ0v) is 48.7. The SMILES string of the molecule is CCCCCC/C=C\COC(=O)CCCCCCCC(=O)OCC(COC(=O)CCCCCCCC(=O)OC/C=C\CCCCCC)OC(=O)CCC(CCCCCCCCCCCC)OC(=O)NCC1CCCN1C.[HH]. The summed E-state index contributed by atoms with van der Waals surface area (Å²) in [6.45, 7) is 8.23. The minimum atomic E-state index is -1.00. The maximum Gasteiger partial charge on any atom is 0.407 e. The van der Waals surface area contributed by atoms with Crippen molar-refractivity contribution in [2.24, 2.45) is 0 Å². The summed E-state index contributed by atoms with van der Waals surface area (Å²) in [7, 11) is 2.06. The Bertz CT molecular complexity index is 1460. The smallest absolute Gasteiger partial charge is 0.407 e. The summed E-state index contributed by atoms with van der Waals surface area (Å²) in [4.78, 5) is 78.5. The minimum Gasteiger partial charge on any atom is -0.462 e. The van der Waals surface area contributed by atoms with Crippen molar-refractivity contribution in [3.05, 3.63) is 24.3 Å². The number of amides is 1. The van der Waals surface area contributed by atoms with Gasteiger partial charge in [-0.15, -0.1) is 0 Å². The lowest BCUT2D eigenvalue weighted by Crippen LogP contribution is -2.39. The van der Waals surface area contributed by atoms with Crippen LogP contribution in [0.25, 0.3) is 0 Å². The lowest BCUT2D eigenvalue weighted by atomic mass is 10.0.